The summed E-state index contributed by atoms with van der Waals surface area (Å²) in [5.41, 5.74) is 1.17. The van der Waals surface area contributed by atoms with E-state index in [2.05, 4.69) is 4.72 Å². The van der Waals surface area contributed by atoms with Crippen molar-refractivity contribution in [2.24, 2.45) is 0 Å². The average Bonchev–Trinajstić information content (AvgIpc) is 2.67. The summed E-state index contributed by atoms with van der Waals surface area (Å²) < 4.78 is 40.2. The maximum atomic E-state index is 13.0. The Morgan fingerprint density at radius 3 is 2.04 bits per heavy atom. The lowest BCUT2D eigenvalue weighted by Crippen LogP contribution is -2.29. The van der Waals surface area contributed by atoms with Crippen molar-refractivity contribution in [3.8, 4) is 11.1 Å². The first-order valence-electron chi connectivity index (χ1n) is 8.16. The minimum absolute atomic E-state index is 0.0910. The van der Waals surface area contributed by atoms with Crippen LogP contribution in [0.25, 0.3) is 11.1 Å². The Labute approximate surface area is 168 Å². The van der Waals surface area contributed by atoms with E-state index >= 15 is 0 Å². The van der Waals surface area contributed by atoms with Gasteiger partial charge < -0.3 is 9.79 Å². The van der Waals surface area contributed by atoms with E-state index in [0.29, 0.717) is 16.1 Å². The molecule has 9 heteroatoms. The predicted octanol–water partition coefficient (Wildman–Crippen LogP) is 4.16. The molecule has 28 heavy (non-hydrogen) atoms. The highest BCUT2D eigenvalue weighted by Gasteiger charge is 2.35. The lowest BCUT2D eigenvalue weighted by Gasteiger charge is -2.21. The van der Waals surface area contributed by atoms with Crippen LogP contribution in [0.3, 0.4) is 0 Å². The van der Waals surface area contributed by atoms with Gasteiger partial charge in [0.25, 0.3) is 0 Å². The summed E-state index contributed by atoms with van der Waals surface area (Å²) in [5.74, 6) is -1.70. The van der Waals surface area contributed by atoms with Crippen LogP contribution in [-0.4, -0.2) is 18.2 Å². The molecular weight excluding hydrogens is 421 g/mol. The van der Waals surface area contributed by atoms with Crippen LogP contribution in [0.5, 0.6) is 0 Å². The van der Waals surface area contributed by atoms with Crippen LogP contribution in [-0.2, 0) is 14.6 Å². The molecule has 0 radical (unpaired) electrons. The van der Waals surface area contributed by atoms with Gasteiger partial charge in [0, 0.05) is 10.6 Å². The Bertz CT molecular complexity index is 1110. The summed E-state index contributed by atoms with van der Waals surface area (Å²) in [5, 5.41) is 0.507. The number of nitrogens with one attached hydrogen (secondary N) is 1. The molecule has 146 valence electrons. The van der Waals surface area contributed by atoms with Crippen LogP contribution in [0, 0.1) is 0 Å². The van der Waals surface area contributed by atoms with Gasteiger partial charge in [0.05, 0.1) is 4.90 Å². The van der Waals surface area contributed by atoms with Gasteiger partial charge in [-0.15, -0.1) is 0 Å². The van der Waals surface area contributed by atoms with Crippen molar-refractivity contribution in [3.05, 3.63) is 89.4 Å². The summed E-state index contributed by atoms with van der Waals surface area (Å²) in [6.45, 7) is 0. The first-order valence-corrected chi connectivity index (χ1v) is 11.7. The Balaban J connectivity index is 2.06. The fourth-order valence-corrected chi connectivity index (χ4v) is 5.69. The van der Waals surface area contributed by atoms with Gasteiger partial charge in [-0.1, -0.05) is 72.3 Å². The average molecular weight is 438 g/mol. The van der Waals surface area contributed by atoms with E-state index in [9.17, 15) is 22.8 Å². The third-order valence-corrected chi connectivity index (χ3v) is 7.06. The molecule has 0 aliphatic rings. The van der Waals surface area contributed by atoms with E-state index in [-0.39, 0.29) is 10.5 Å². The molecule has 6 nitrogen and oxygen atoms in total. The molecule has 3 rings (SSSR count). The van der Waals surface area contributed by atoms with Gasteiger partial charge >= 0.3 is 7.60 Å². The molecule has 0 saturated carbocycles. The second-order valence-corrected chi connectivity index (χ2v) is 9.84. The molecule has 0 spiro atoms. The molecule has 0 fully saturated rings. The van der Waals surface area contributed by atoms with Crippen LogP contribution in [0.4, 0.5) is 0 Å². The van der Waals surface area contributed by atoms with Crippen molar-refractivity contribution in [2.75, 3.05) is 0 Å². The van der Waals surface area contributed by atoms with Crippen molar-refractivity contribution >= 4 is 29.2 Å². The van der Waals surface area contributed by atoms with Crippen LogP contribution in [0.15, 0.2) is 83.8 Å². The lowest BCUT2D eigenvalue weighted by molar-refractivity contribution is 0.355. The standard InChI is InChI=1S/C19H17ClNO5PS/c20-16-12-10-14(11-13-16)17-8-4-5-9-18(17)28(25,26)21-19(27(22,23)24)15-6-2-1-3-7-15/h1-13,19,21H,(H2,22,23,24). The Kier molecular flexibility index (Phi) is 6.05. The van der Waals surface area contributed by atoms with E-state index in [1.165, 1.54) is 18.2 Å². The highest BCUT2D eigenvalue weighted by Crippen LogP contribution is 2.50. The molecule has 0 heterocycles. The summed E-state index contributed by atoms with van der Waals surface area (Å²) in [6.07, 6.45) is 0. The van der Waals surface area contributed by atoms with E-state index in [4.69, 9.17) is 11.6 Å². The molecule has 1 atom stereocenters. The molecule has 0 amide bonds. The zero-order chi connectivity index (χ0) is 20.4. The van der Waals surface area contributed by atoms with E-state index in [0.717, 1.165) is 0 Å². The number of hydrogen-bond acceptors (Lipinski definition) is 3. The number of benzene rings is 3. The van der Waals surface area contributed by atoms with Crippen LogP contribution < -0.4 is 4.72 Å². The predicted molar refractivity (Wildman–Crippen MR) is 108 cm³/mol. The zero-order valence-electron chi connectivity index (χ0n) is 14.4. The molecule has 3 aromatic rings. The van der Waals surface area contributed by atoms with Gasteiger partial charge in [0.2, 0.25) is 10.0 Å². The summed E-state index contributed by atoms with van der Waals surface area (Å²) in [7, 11) is -9.07. The SMILES string of the molecule is O=P(O)(O)C(NS(=O)(=O)c1ccccc1-c1ccc(Cl)cc1)c1ccccc1. The molecule has 1 unspecified atom stereocenters. The fourth-order valence-electron chi connectivity index (χ4n) is 2.75. The van der Waals surface area contributed by atoms with Gasteiger partial charge in [-0.3, -0.25) is 4.57 Å². The number of sulfonamides is 1. The first kappa shape index (κ1) is 20.7. The van der Waals surface area contributed by atoms with Gasteiger partial charge in [-0.2, -0.15) is 4.72 Å². The van der Waals surface area contributed by atoms with Gasteiger partial charge in [-0.05, 0) is 29.3 Å². The summed E-state index contributed by atoms with van der Waals surface area (Å²) in [6, 6.07) is 20.6. The Morgan fingerprint density at radius 1 is 0.857 bits per heavy atom. The fraction of sp³-hybridized carbons (Fsp3) is 0.0526. The Morgan fingerprint density at radius 2 is 1.43 bits per heavy atom. The number of halogens is 1. The van der Waals surface area contributed by atoms with Crippen molar-refractivity contribution in [3.63, 3.8) is 0 Å². The van der Waals surface area contributed by atoms with Crippen LogP contribution in [0.2, 0.25) is 5.02 Å². The summed E-state index contributed by atoms with van der Waals surface area (Å²) >= 11 is 5.90. The van der Waals surface area contributed by atoms with Crippen molar-refractivity contribution in [2.45, 2.75) is 10.7 Å². The Hall–Kier alpha value is -1.99. The number of rotatable bonds is 6. The van der Waals surface area contributed by atoms with Crippen molar-refractivity contribution in [1.29, 1.82) is 0 Å². The monoisotopic (exact) mass is 437 g/mol. The molecule has 3 aromatic carbocycles. The minimum atomic E-state index is -4.82. The number of hydrogen-bond donors (Lipinski definition) is 3. The van der Waals surface area contributed by atoms with E-state index in [1.807, 2.05) is 0 Å². The van der Waals surface area contributed by atoms with Gasteiger partial charge in [0.15, 0.2) is 0 Å². The molecular formula is C19H17ClNO5PS. The quantitative estimate of drug-likeness (QED) is 0.502. The van der Waals surface area contributed by atoms with Crippen LogP contribution >= 0.6 is 19.2 Å². The van der Waals surface area contributed by atoms with Gasteiger partial charge in [0.1, 0.15) is 5.78 Å². The molecule has 0 bridgehead atoms. The third kappa shape index (κ3) is 4.70. The minimum Gasteiger partial charge on any atom is -0.323 e. The highest BCUT2D eigenvalue weighted by atomic mass is 35.5. The van der Waals surface area contributed by atoms with E-state index < -0.39 is 23.4 Å². The van der Waals surface area contributed by atoms with Crippen LogP contribution in [0.1, 0.15) is 11.3 Å². The third-order valence-electron chi connectivity index (χ3n) is 4.05. The topological polar surface area (TPSA) is 104 Å². The molecule has 3 N–H and O–H groups in total. The zero-order valence-corrected chi connectivity index (χ0v) is 16.9. The highest BCUT2D eigenvalue weighted by molar-refractivity contribution is 7.90. The molecule has 0 aliphatic carbocycles. The second kappa shape index (κ2) is 8.17. The van der Waals surface area contributed by atoms with Gasteiger partial charge in [-0.25, -0.2) is 8.42 Å². The van der Waals surface area contributed by atoms with E-state index in [1.54, 1.807) is 60.7 Å². The molecule has 0 aromatic heterocycles. The molecule has 0 saturated heterocycles. The second-order valence-electron chi connectivity index (χ2n) is 6.03. The maximum Gasteiger partial charge on any atom is 0.347 e. The first-order chi connectivity index (χ1) is 13.2. The maximum absolute atomic E-state index is 13.0. The van der Waals surface area contributed by atoms with Crippen molar-refractivity contribution in [1.82, 2.24) is 4.72 Å². The normalized spacial score (nSPS) is 13.2. The summed E-state index contributed by atoms with van der Waals surface area (Å²) in [4.78, 5) is 19.4. The lowest BCUT2D eigenvalue weighted by atomic mass is 10.1. The largest absolute Gasteiger partial charge is 0.347 e. The molecule has 0 aliphatic heterocycles. The van der Waals surface area contributed by atoms with Crippen molar-refractivity contribution < 1.29 is 22.8 Å². The smallest absolute Gasteiger partial charge is 0.323 e.